The summed E-state index contributed by atoms with van der Waals surface area (Å²) < 4.78 is 11.6. The summed E-state index contributed by atoms with van der Waals surface area (Å²) in [6, 6.07) is 9.01. The Morgan fingerprint density at radius 2 is 2.00 bits per heavy atom. The van der Waals surface area contributed by atoms with Crippen LogP contribution in [0.4, 0.5) is 0 Å². The van der Waals surface area contributed by atoms with Gasteiger partial charge in [-0.3, -0.25) is 9.59 Å². The summed E-state index contributed by atoms with van der Waals surface area (Å²) in [6.45, 7) is 3.81. The number of benzene rings is 1. The van der Waals surface area contributed by atoms with Gasteiger partial charge in [0.25, 0.3) is 5.91 Å². The summed E-state index contributed by atoms with van der Waals surface area (Å²) in [7, 11) is 0. The molecule has 0 bridgehead atoms. The Bertz CT molecular complexity index is 1110. The standard InChI is InChI=1S/C21H22ClN3O5S/c1-3-29-19(27)9-6-10-23-18(26)12-30-21(28)17-11-14-13(2)24-25(20(14)31-17)16-8-5-4-7-15(16)22/h4-5,7-8,11H,3,6,9-10,12H2,1-2H3,(H,23,26). The lowest BCUT2D eigenvalue weighted by Gasteiger charge is -2.06. The number of carbonyl (C=O) groups is 3. The smallest absolute Gasteiger partial charge is 0.348 e. The number of halogens is 1. The van der Waals surface area contributed by atoms with Gasteiger partial charge in [-0.1, -0.05) is 23.7 Å². The van der Waals surface area contributed by atoms with E-state index in [4.69, 9.17) is 21.1 Å². The molecule has 8 nitrogen and oxygen atoms in total. The number of fused-ring (bicyclic) bond motifs is 1. The van der Waals surface area contributed by atoms with Gasteiger partial charge in [-0.25, -0.2) is 9.48 Å². The van der Waals surface area contributed by atoms with Crippen molar-refractivity contribution in [1.82, 2.24) is 15.1 Å². The number of ether oxygens (including phenoxy) is 2. The molecule has 2 heterocycles. The second kappa shape index (κ2) is 10.4. The molecule has 0 saturated carbocycles. The zero-order chi connectivity index (χ0) is 22.4. The van der Waals surface area contributed by atoms with Gasteiger partial charge < -0.3 is 14.8 Å². The Hall–Kier alpha value is -2.91. The van der Waals surface area contributed by atoms with Crippen LogP contribution in [0.3, 0.4) is 0 Å². The van der Waals surface area contributed by atoms with Gasteiger partial charge in [0.1, 0.15) is 9.71 Å². The molecule has 31 heavy (non-hydrogen) atoms. The Kier molecular flexibility index (Phi) is 7.64. The minimum absolute atomic E-state index is 0.220. The van der Waals surface area contributed by atoms with Crippen LogP contribution in [0.5, 0.6) is 0 Å². The molecular weight excluding hydrogens is 442 g/mol. The number of aryl methyl sites for hydroxylation is 1. The van der Waals surface area contributed by atoms with Crippen molar-refractivity contribution in [3.05, 3.63) is 45.9 Å². The summed E-state index contributed by atoms with van der Waals surface area (Å²) in [5, 5.41) is 8.49. The van der Waals surface area contributed by atoms with Crippen molar-refractivity contribution in [2.45, 2.75) is 26.7 Å². The van der Waals surface area contributed by atoms with Gasteiger partial charge in [-0.2, -0.15) is 5.10 Å². The van der Waals surface area contributed by atoms with Crippen LogP contribution < -0.4 is 5.32 Å². The van der Waals surface area contributed by atoms with Crippen molar-refractivity contribution in [2.75, 3.05) is 19.8 Å². The van der Waals surface area contributed by atoms with E-state index in [1.807, 2.05) is 25.1 Å². The SMILES string of the molecule is CCOC(=O)CCCNC(=O)COC(=O)c1cc2c(C)nn(-c3ccccc3Cl)c2s1. The third kappa shape index (κ3) is 5.62. The second-order valence-electron chi connectivity index (χ2n) is 6.61. The Labute approximate surface area is 188 Å². The molecule has 1 N–H and O–H groups in total. The van der Waals surface area contributed by atoms with Crippen molar-refractivity contribution < 1.29 is 23.9 Å². The summed E-state index contributed by atoms with van der Waals surface area (Å²) in [4.78, 5) is 36.7. The third-order valence-electron chi connectivity index (χ3n) is 4.35. The molecule has 164 valence electrons. The number of amides is 1. The Balaban J connectivity index is 1.58. The number of rotatable bonds is 9. The van der Waals surface area contributed by atoms with Gasteiger partial charge >= 0.3 is 11.9 Å². The predicted molar refractivity (Wildman–Crippen MR) is 118 cm³/mol. The lowest BCUT2D eigenvalue weighted by atomic mass is 10.3. The molecule has 0 aliphatic rings. The maximum absolute atomic E-state index is 12.4. The molecule has 1 aromatic carbocycles. The Morgan fingerprint density at radius 3 is 2.74 bits per heavy atom. The first-order chi connectivity index (χ1) is 14.9. The van der Waals surface area contributed by atoms with E-state index >= 15 is 0 Å². The van der Waals surface area contributed by atoms with Gasteiger partial charge in [-0.15, -0.1) is 11.3 Å². The summed E-state index contributed by atoms with van der Waals surface area (Å²) >= 11 is 7.51. The van der Waals surface area contributed by atoms with E-state index in [1.165, 1.54) is 11.3 Å². The van der Waals surface area contributed by atoms with Crippen molar-refractivity contribution in [1.29, 1.82) is 0 Å². The molecule has 10 heteroatoms. The fourth-order valence-corrected chi connectivity index (χ4v) is 4.17. The van der Waals surface area contributed by atoms with Gasteiger partial charge in [0, 0.05) is 18.4 Å². The highest BCUT2D eigenvalue weighted by Crippen LogP contribution is 2.32. The van der Waals surface area contributed by atoms with E-state index in [0.29, 0.717) is 35.2 Å². The van der Waals surface area contributed by atoms with Crippen LogP contribution >= 0.6 is 22.9 Å². The van der Waals surface area contributed by atoms with Crippen molar-refractivity contribution >= 4 is 51.0 Å². The van der Waals surface area contributed by atoms with E-state index < -0.39 is 18.5 Å². The number of hydrogen-bond acceptors (Lipinski definition) is 7. The van der Waals surface area contributed by atoms with Gasteiger partial charge in [0.2, 0.25) is 0 Å². The van der Waals surface area contributed by atoms with Crippen LogP contribution in [0.2, 0.25) is 5.02 Å². The number of para-hydroxylation sites is 1. The van der Waals surface area contributed by atoms with E-state index in [0.717, 1.165) is 15.9 Å². The molecular formula is C21H22ClN3O5S. The number of thiophene rings is 1. The first-order valence-electron chi connectivity index (χ1n) is 9.74. The van der Waals surface area contributed by atoms with Crippen molar-refractivity contribution in [3.8, 4) is 5.69 Å². The summed E-state index contributed by atoms with van der Waals surface area (Å²) in [5.41, 5.74) is 1.47. The van der Waals surface area contributed by atoms with Crippen molar-refractivity contribution in [2.24, 2.45) is 0 Å². The zero-order valence-electron chi connectivity index (χ0n) is 17.1. The number of esters is 2. The molecule has 3 rings (SSSR count). The number of carbonyl (C=O) groups excluding carboxylic acids is 3. The molecule has 0 radical (unpaired) electrons. The first-order valence-corrected chi connectivity index (χ1v) is 10.9. The maximum Gasteiger partial charge on any atom is 0.348 e. The van der Waals surface area contributed by atoms with Crippen LogP contribution in [0.25, 0.3) is 15.9 Å². The summed E-state index contributed by atoms with van der Waals surface area (Å²) in [5.74, 6) is -1.33. The molecule has 2 aromatic heterocycles. The average Bonchev–Trinajstić information content (AvgIpc) is 3.31. The predicted octanol–water partition coefficient (Wildman–Crippen LogP) is 3.67. The molecule has 1 amide bonds. The molecule has 0 fully saturated rings. The highest BCUT2D eigenvalue weighted by molar-refractivity contribution is 7.20. The summed E-state index contributed by atoms with van der Waals surface area (Å²) in [6.07, 6.45) is 0.671. The largest absolute Gasteiger partial charge is 0.466 e. The van der Waals surface area contributed by atoms with Crippen molar-refractivity contribution in [3.63, 3.8) is 0 Å². The van der Waals surface area contributed by atoms with Crippen LogP contribution in [-0.2, 0) is 19.1 Å². The number of hydrogen-bond donors (Lipinski definition) is 1. The number of nitrogens with zero attached hydrogens (tertiary/aromatic N) is 2. The van der Waals surface area contributed by atoms with Gasteiger partial charge in [0.05, 0.1) is 23.0 Å². The van der Waals surface area contributed by atoms with Crippen LogP contribution in [0.15, 0.2) is 30.3 Å². The van der Waals surface area contributed by atoms with E-state index in [9.17, 15) is 14.4 Å². The molecule has 0 saturated heterocycles. The minimum Gasteiger partial charge on any atom is -0.466 e. The molecule has 0 spiro atoms. The quantitative estimate of drug-likeness (QED) is 0.384. The Morgan fingerprint density at radius 1 is 1.23 bits per heavy atom. The number of aromatic nitrogens is 2. The molecule has 0 unspecified atom stereocenters. The lowest BCUT2D eigenvalue weighted by Crippen LogP contribution is -2.29. The highest BCUT2D eigenvalue weighted by atomic mass is 35.5. The molecule has 0 aliphatic carbocycles. The fourth-order valence-electron chi connectivity index (χ4n) is 2.88. The lowest BCUT2D eigenvalue weighted by molar-refractivity contribution is -0.143. The van der Waals surface area contributed by atoms with E-state index in [2.05, 4.69) is 10.4 Å². The fraction of sp³-hybridized carbons (Fsp3) is 0.333. The second-order valence-corrected chi connectivity index (χ2v) is 8.05. The normalized spacial score (nSPS) is 10.8. The topological polar surface area (TPSA) is 99.5 Å². The first kappa shape index (κ1) is 22.8. The molecule has 3 aromatic rings. The minimum atomic E-state index is -0.590. The van der Waals surface area contributed by atoms with Crippen LogP contribution in [0.1, 0.15) is 35.1 Å². The number of nitrogens with one attached hydrogen (secondary N) is 1. The maximum atomic E-state index is 12.4. The third-order valence-corrected chi connectivity index (χ3v) is 5.76. The molecule has 0 atom stereocenters. The van der Waals surface area contributed by atoms with E-state index in [-0.39, 0.29) is 12.4 Å². The zero-order valence-corrected chi connectivity index (χ0v) is 18.7. The van der Waals surface area contributed by atoms with E-state index in [1.54, 1.807) is 23.7 Å². The van der Waals surface area contributed by atoms with Crippen LogP contribution in [-0.4, -0.2) is 47.4 Å². The molecule has 0 aliphatic heterocycles. The monoisotopic (exact) mass is 463 g/mol. The average molecular weight is 464 g/mol. The van der Waals surface area contributed by atoms with Crippen LogP contribution in [0, 0.1) is 6.92 Å². The van der Waals surface area contributed by atoms with Gasteiger partial charge in [0.15, 0.2) is 6.61 Å². The highest BCUT2D eigenvalue weighted by Gasteiger charge is 2.19. The van der Waals surface area contributed by atoms with Gasteiger partial charge in [-0.05, 0) is 38.5 Å².